The highest BCUT2D eigenvalue weighted by molar-refractivity contribution is 5.04. The zero-order valence-electron chi connectivity index (χ0n) is 11.4. The molecular weight excluding hydrogens is 210 g/mol. The third-order valence-corrected chi connectivity index (χ3v) is 4.80. The topological polar surface area (TPSA) is 21.3 Å². The van der Waals surface area contributed by atoms with Crippen LogP contribution < -0.4 is 5.32 Å². The SMILES string of the molecule is CC(C)NCC1(COCC2CC2)CC2CC2C1. The smallest absolute Gasteiger partial charge is 0.0534 e. The summed E-state index contributed by atoms with van der Waals surface area (Å²) in [6.07, 6.45) is 7.15. The highest BCUT2D eigenvalue weighted by atomic mass is 16.5. The maximum atomic E-state index is 6.01. The zero-order valence-corrected chi connectivity index (χ0v) is 11.4. The maximum Gasteiger partial charge on any atom is 0.0534 e. The Morgan fingerprint density at radius 3 is 2.53 bits per heavy atom. The van der Waals surface area contributed by atoms with Crippen molar-refractivity contribution in [3.05, 3.63) is 0 Å². The predicted octanol–water partition coefficient (Wildman–Crippen LogP) is 2.83. The average molecular weight is 237 g/mol. The highest BCUT2D eigenvalue weighted by Crippen LogP contribution is 2.59. The summed E-state index contributed by atoms with van der Waals surface area (Å²) >= 11 is 0. The van der Waals surface area contributed by atoms with Crippen molar-refractivity contribution in [3.8, 4) is 0 Å². The van der Waals surface area contributed by atoms with Gasteiger partial charge in [0.1, 0.15) is 0 Å². The molecule has 0 spiro atoms. The molecule has 2 heteroatoms. The number of hydrogen-bond donors (Lipinski definition) is 1. The Bertz CT molecular complexity index is 262. The number of hydrogen-bond acceptors (Lipinski definition) is 2. The molecule has 17 heavy (non-hydrogen) atoms. The van der Waals surface area contributed by atoms with Gasteiger partial charge in [0.25, 0.3) is 0 Å². The van der Waals surface area contributed by atoms with Crippen LogP contribution >= 0.6 is 0 Å². The molecular formula is C15H27NO. The van der Waals surface area contributed by atoms with Crippen LogP contribution in [0.4, 0.5) is 0 Å². The molecule has 2 nitrogen and oxygen atoms in total. The predicted molar refractivity (Wildman–Crippen MR) is 69.9 cm³/mol. The van der Waals surface area contributed by atoms with E-state index in [1.807, 2.05) is 0 Å². The lowest BCUT2D eigenvalue weighted by atomic mass is 9.83. The molecule has 0 saturated heterocycles. The molecule has 3 fully saturated rings. The third-order valence-electron chi connectivity index (χ3n) is 4.80. The zero-order chi connectivity index (χ0) is 11.9. The van der Waals surface area contributed by atoms with Crippen molar-refractivity contribution in [3.63, 3.8) is 0 Å². The van der Waals surface area contributed by atoms with Gasteiger partial charge in [-0.05, 0) is 49.9 Å². The van der Waals surface area contributed by atoms with Crippen molar-refractivity contribution in [2.24, 2.45) is 23.2 Å². The molecule has 0 bridgehead atoms. The first-order valence-electron chi connectivity index (χ1n) is 7.48. The summed E-state index contributed by atoms with van der Waals surface area (Å²) in [5.41, 5.74) is 0.479. The normalized spacial score (nSPS) is 39.7. The van der Waals surface area contributed by atoms with Gasteiger partial charge in [-0.2, -0.15) is 0 Å². The van der Waals surface area contributed by atoms with Gasteiger partial charge in [-0.25, -0.2) is 0 Å². The second-order valence-electron chi connectivity index (χ2n) is 7.16. The van der Waals surface area contributed by atoms with Gasteiger partial charge in [0.15, 0.2) is 0 Å². The summed E-state index contributed by atoms with van der Waals surface area (Å²) < 4.78 is 6.01. The largest absolute Gasteiger partial charge is 0.381 e. The summed E-state index contributed by atoms with van der Waals surface area (Å²) in [5, 5.41) is 3.64. The van der Waals surface area contributed by atoms with Crippen LogP contribution in [0.3, 0.4) is 0 Å². The molecule has 2 unspecified atom stereocenters. The molecule has 0 amide bonds. The molecule has 3 aliphatic rings. The van der Waals surface area contributed by atoms with Crippen LogP contribution in [0, 0.1) is 23.2 Å². The first-order chi connectivity index (χ1) is 8.17. The molecule has 98 valence electrons. The Balaban J connectivity index is 1.48. The fourth-order valence-corrected chi connectivity index (χ4v) is 3.47. The van der Waals surface area contributed by atoms with Gasteiger partial charge in [0.05, 0.1) is 6.61 Å². The van der Waals surface area contributed by atoms with E-state index in [1.165, 1.54) is 38.6 Å². The van der Waals surface area contributed by atoms with E-state index in [-0.39, 0.29) is 0 Å². The van der Waals surface area contributed by atoms with E-state index in [1.54, 1.807) is 0 Å². The Kier molecular flexibility index (Phi) is 3.20. The van der Waals surface area contributed by atoms with Crippen molar-refractivity contribution >= 4 is 0 Å². The van der Waals surface area contributed by atoms with Crippen LogP contribution in [0.5, 0.6) is 0 Å². The monoisotopic (exact) mass is 237 g/mol. The maximum absolute atomic E-state index is 6.01. The lowest BCUT2D eigenvalue weighted by Gasteiger charge is -2.32. The number of nitrogens with one attached hydrogen (secondary N) is 1. The van der Waals surface area contributed by atoms with Crippen LogP contribution in [0.15, 0.2) is 0 Å². The first-order valence-corrected chi connectivity index (χ1v) is 7.48. The molecule has 0 heterocycles. The molecule has 3 saturated carbocycles. The van der Waals surface area contributed by atoms with Crippen LogP contribution in [0.1, 0.15) is 46.0 Å². The summed E-state index contributed by atoms with van der Waals surface area (Å²) in [7, 11) is 0. The van der Waals surface area contributed by atoms with Crippen LogP contribution in [0.2, 0.25) is 0 Å². The summed E-state index contributed by atoms with van der Waals surface area (Å²) in [4.78, 5) is 0. The van der Waals surface area contributed by atoms with Crippen molar-refractivity contribution in [2.45, 2.75) is 52.0 Å². The molecule has 0 aromatic heterocycles. The summed E-state index contributed by atoms with van der Waals surface area (Å²) in [6.45, 7) is 7.69. The molecule has 1 N–H and O–H groups in total. The minimum Gasteiger partial charge on any atom is -0.381 e. The second kappa shape index (κ2) is 4.55. The molecule has 0 aliphatic heterocycles. The summed E-state index contributed by atoms with van der Waals surface area (Å²) in [6, 6.07) is 0.604. The van der Waals surface area contributed by atoms with Gasteiger partial charge >= 0.3 is 0 Å². The molecule has 0 aromatic carbocycles. The van der Waals surface area contributed by atoms with E-state index >= 15 is 0 Å². The third kappa shape index (κ3) is 3.03. The molecule has 3 aliphatic carbocycles. The Labute approximate surface area is 105 Å². The van der Waals surface area contributed by atoms with E-state index in [0.29, 0.717) is 11.5 Å². The highest BCUT2D eigenvalue weighted by Gasteiger charge is 2.53. The van der Waals surface area contributed by atoms with Crippen molar-refractivity contribution in [2.75, 3.05) is 19.8 Å². The first kappa shape index (κ1) is 12.0. The summed E-state index contributed by atoms with van der Waals surface area (Å²) in [5.74, 6) is 3.00. The molecule has 2 atom stereocenters. The lowest BCUT2D eigenvalue weighted by molar-refractivity contribution is 0.0327. The standard InChI is InChI=1S/C15H27NO/c1-11(2)16-9-15(6-13-5-14(13)7-15)10-17-8-12-3-4-12/h11-14,16H,3-10H2,1-2H3. The molecule has 0 aromatic rings. The minimum absolute atomic E-state index is 0.479. The molecule has 0 radical (unpaired) electrons. The van der Waals surface area contributed by atoms with E-state index in [9.17, 15) is 0 Å². The fourth-order valence-electron chi connectivity index (χ4n) is 3.47. The van der Waals surface area contributed by atoms with Crippen LogP contribution in [-0.4, -0.2) is 25.8 Å². The Hall–Kier alpha value is -0.0800. The second-order valence-corrected chi connectivity index (χ2v) is 7.16. The van der Waals surface area contributed by atoms with Gasteiger partial charge in [-0.3, -0.25) is 0 Å². The van der Waals surface area contributed by atoms with Crippen molar-refractivity contribution < 1.29 is 4.74 Å². The minimum atomic E-state index is 0.479. The number of ether oxygens (including phenoxy) is 1. The van der Waals surface area contributed by atoms with Crippen LogP contribution in [0.25, 0.3) is 0 Å². The van der Waals surface area contributed by atoms with Crippen molar-refractivity contribution in [1.29, 1.82) is 0 Å². The van der Waals surface area contributed by atoms with E-state index < -0.39 is 0 Å². The number of fused-ring (bicyclic) bond motifs is 1. The van der Waals surface area contributed by atoms with Gasteiger partial charge in [0.2, 0.25) is 0 Å². The number of rotatable bonds is 7. The van der Waals surface area contributed by atoms with Gasteiger partial charge in [-0.1, -0.05) is 13.8 Å². The lowest BCUT2D eigenvalue weighted by Crippen LogP contribution is -2.40. The fraction of sp³-hybridized carbons (Fsp3) is 1.00. The van der Waals surface area contributed by atoms with Gasteiger partial charge in [0, 0.05) is 24.6 Å². The van der Waals surface area contributed by atoms with Gasteiger partial charge in [-0.15, -0.1) is 0 Å². The van der Waals surface area contributed by atoms with Crippen molar-refractivity contribution in [1.82, 2.24) is 5.32 Å². The van der Waals surface area contributed by atoms with E-state index in [4.69, 9.17) is 4.74 Å². The van der Waals surface area contributed by atoms with Crippen LogP contribution in [-0.2, 0) is 4.74 Å². The average Bonchev–Trinajstić information content (AvgIpc) is 3.18. The van der Waals surface area contributed by atoms with E-state index in [0.717, 1.165) is 31.0 Å². The van der Waals surface area contributed by atoms with Gasteiger partial charge < -0.3 is 10.1 Å². The Morgan fingerprint density at radius 1 is 1.24 bits per heavy atom. The van der Waals surface area contributed by atoms with E-state index in [2.05, 4.69) is 19.2 Å². The Morgan fingerprint density at radius 2 is 1.94 bits per heavy atom. The quantitative estimate of drug-likeness (QED) is 0.735. The molecule has 3 rings (SSSR count).